The van der Waals surface area contributed by atoms with E-state index >= 15 is 0 Å². The van der Waals surface area contributed by atoms with Crippen molar-refractivity contribution in [1.29, 1.82) is 0 Å². The van der Waals surface area contributed by atoms with E-state index in [0.717, 1.165) is 0 Å². The second-order valence-electron chi connectivity index (χ2n) is 0.338. The molecule has 0 atom stereocenters. The van der Waals surface area contributed by atoms with Crippen LogP contribution in [0.25, 0.3) is 0 Å². The first kappa shape index (κ1) is 9.01. The van der Waals surface area contributed by atoms with Crippen molar-refractivity contribution < 1.29 is 21.6 Å². The summed E-state index contributed by atoms with van der Waals surface area (Å²) in [6.45, 7) is 0. The molecule has 0 aliphatic rings. The summed E-state index contributed by atoms with van der Waals surface area (Å²) in [7, 11) is 0. The van der Waals surface area contributed by atoms with Gasteiger partial charge in [0.25, 0.3) is 5.24 Å². The first-order valence-corrected chi connectivity index (χ1v) is 1.16. The third-order valence-corrected chi connectivity index (χ3v) is 0. The van der Waals surface area contributed by atoms with Crippen molar-refractivity contribution in [2.45, 2.75) is 0 Å². The zero-order valence-corrected chi connectivity index (χ0v) is 4.20. The predicted molar refractivity (Wildman–Crippen MR) is 18.6 cm³/mol. The van der Waals surface area contributed by atoms with E-state index in [2.05, 4.69) is 18.4 Å². The summed E-state index contributed by atoms with van der Waals surface area (Å²) >= 11 is 3.10. The van der Waals surface area contributed by atoms with E-state index in [9.17, 15) is 0 Å². The minimum atomic E-state index is -0.639. The SMILES string of the molecule is NC(=O)S.[Co]. The minimum absolute atomic E-state index is 0. The molecule has 0 aromatic carbocycles. The number of nitrogens with two attached hydrogens (primary N) is 1. The second-order valence-corrected chi connectivity index (χ2v) is 0.779. The first-order chi connectivity index (χ1) is 1.73. The molecule has 0 aromatic heterocycles. The Balaban J connectivity index is 0. The van der Waals surface area contributed by atoms with Crippen LogP contribution in [-0.2, 0) is 16.8 Å². The zero-order chi connectivity index (χ0) is 3.58. The number of primary amides is 1. The topological polar surface area (TPSA) is 43.1 Å². The van der Waals surface area contributed by atoms with E-state index in [1.54, 1.807) is 0 Å². The van der Waals surface area contributed by atoms with Crippen molar-refractivity contribution in [1.82, 2.24) is 0 Å². The fraction of sp³-hybridized carbons (Fsp3) is 0. The van der Waals surface area contributed by atoms with Gasteiger partial charge in [-0.05, 0) is 0 Å². The molecule has 0 aliphatic heterocycles. The fourth-order valence-corrected chi connectivity index (χ4v) is 0. The Bertz CT molecular complexity index is 34.6. The van der Waals surface area contributed by atoms with Crippen LogP contribution in [-0.4, -0.2) is 5.24 Å². The van der Waals surface area contributed by atoms with Crippen molar-refractivity contribution in [3.63, 3.8) is 0 Å². The molecule has 33 valence electrons. The molecule has 0 aliphatic carbocycles. The summed E-state index contributed by atoms with van der Waals surface area (Å²) in [6.07, 6.45) is 0. The van der Waals surface area contributed by atoms with Gasteiger partial charge in [-0.25, -0.2) is 0 Å². The molecule has 5 heavy (non-hydrogen) atoms. The van der Waals surface area contributed by atoms with Crippen LogP contribution in [0.1, 0.15) is 0 Å². The van der Waals surface area contributed by atoms with Crippen LogP contribution < -0.4 is 5.73 Å². The van der Waals surface area contributed by atoms with Crippen molar-refractivity contribution in [3.8, 4) is 0 Å². The standard InChI is InChI=1S/CH3NOS.Co/c2-1(3)4;/h(H3,2,3,4);. The molecule has 4 heteroatoms. The molecular formula is CH3CoNOS. The molecule has 0 bridgehead atoms. The van der Waals surface area contributed by atoms with Crippen LogP contribution in [0.5, 0.6) is 0 Å². The Kier molecular flexibility index (Phi) is 7.80. The maximum atomic E-state index is 9.09. The molecule has 1 radical (unpaired) electrons. The summed E-state index contributed by atoms with van der Waals surface area (Å²) in [5.74, 6) is 0. The number of hydrogen-bond acceptors (Lipinski definition) is 1. The van der Waals surface area contributed by atoms with Gasteiger partial charge in [0.2, 0.25) is 0 Å². The average Bonchev–Trinajstić information content (AvgIpc) is 0.811. The molecule has 2 N–H and O–H groups in total. The number of thiol groups is 1. The van der Waals surface area contributed by atoms with E-state index in [-0.39, 0.29) is 16.8 Å². The first-order valence-electron chi connectivity index (χ1n) is 0.716. The van der Waals surface area contributed by atoms with Gasteiger partial charge in [-0.2, -0.15) is 0 Å². The van der Waals surface area contributed by atoms with Gasteiger partial charge in [0.15, 0.2) is 0 Å². The largest absolute Gasteiger partial charge is 0.361 e. The summed E-state index contributed by atoms with van der Waals surface area (Å²) in [5.41, 5.74) is 4.34. The summed E-state index contributed by atoms with van der Waals surface area (Å²) in [5, 5.41) is -0.639. The average molecular weight is 136 g/mol. The Morgan fingerprint density at radius 2 is 1.80 bits per heavy atom. The summed E-state index contributed by atoms with van der Waals surface area (Å²) in [4.78, 5) is 9.09. The Labute approximate surface area is 45.7 Å². The van der Waals surface area contributed by atoms with Gasteiger partial charge < -0.3 is 5.73 Å². The van der Waals surface area contributed by atoms with Crippen molar-refractivity contribution in [3.05, 3.63) is 0 Å². The van der Waals surface area contributed by atoms with Crippen LogP contribution in [0.3, 0.4) is 0 Å². The molecule has 0 saturated heterocycles. The molecule has 2 nitrogen and oxygen atoms in total. The monoisotopic (exact) mass is 136 g/mol. The van der Waals surface area contributed by atoms with Gasteiger partial charge in [-0.3, -0.25) is 4.79 Å². The van der Waals surface area contributed by atoms with E-state index in [4.69, 9.17) is 4.79 Å². The summed E-state index contributed by atoms with van der Waals surface area (Å²) in [6, 6.07) is 0. The molecule has 0 unspecified atom stereocenters. The molecule has 0 spiro atoms. The Morgan fingerprint density at radius 3 is 1.80 bits per heavy atom. The molecule has 0 heterocycles. The van der Waals surface area contributed by atoms with E-state index in [1.165, 1.54) is 0 Å². The number of carbonyl (C=O) groups is 1. The number of amides is 1. The van der Waals surface area contributed by atoms with Crippen LogP contribution in [0.2, 0.25) is 0 Å². The second kappa shape index (κ2) is 4.33. The molecule has 0 saturated carbocycles. The van der Waals surface area contributed by atoms with Gasteiger partial charge >= 0.3 is 0 Å². The third kappa shape index (κ3) is 220. The van der Waals surface area contributed by atoms with Crippen LogP contribution in [0.15, 0.2) is 0 Å². The normalized spacial score (nSPS) is 5.00. The van der Waals surface area contributed by atoms with Gasteiger partial charge in [0, 0.05) is 16.8 Å². The Hall–Kier alpha value is 0.326. The number of carbonyl (C=O) groups excluding carboxylic acids is 1. The van der Waals surface area contributed by atoms with Gasteiger partial charge in [0.1, 0.15) is 0 Å². The molecule has 1 amide bonds. The maximum Gasteiger partial charge on any atom is 0.273 e. The van der Waals surface area contributed by atoms with Crippen molar-refractivity contribution in [2.75, 3.05) is 0 Å². The van der Waals surface area contributed by atoms with E-state index in [1.807, 2.05) is 0 Å². The van der Waals surface area contributed by atoms with Crippen molar-refractivity contribution in [2.24, 2.45) is 5.73 Å². The molecule has 0 rings (SSSR count). The van der Waals surface area contributed by atoms with E-state index < -0.39 is 5.24 Å². The van der Waals surface area contributed by atoms with Gasteiger partial charge in [-0.15, -0.1) is 0 Å². The van der Waals surface area contributed by atoms with Crippen LogP contribution >= 0.6 is 12.6 Å². The fourth-order valence-electron chi connectivity index (χ4n) is 0. The number of rotatable bonds is 0. The predicted octanol–water partition coefficient (Wildman–Crippen LogP) is -0.00760. The summed E-state index contributed by atoms with van der Waals surface area (Å²) < 4.78 is 0. The molecule has 0 fully saturated rings. The maximum absolute atomic E-state index is 9.09. The zero-order valence-electron chi connectivity index (χ0n) is 2.27. The van der Waals surface area contributed by atoms with Crippen LogP contribution in [0, 0.1) is 0 Å². The van der Waals surface area contributed by atoms with Crippen LogP contribution in [0.4, 0.5) is 4.79 Å². The smallest absolute Gasteiger partial charge is 0.273 e. The van der Waals surface area contributed by atoms with Crippen molar-refractivity contribution >= 4 is 17.9 Å². The van der Waals surface area contributed by atoms with E-state index in [0.29, 0.717) is 0 Å². The quantitative estimate of drug-likeness (QED) is 0.452. The van der Waals surface area contributed by atoms with Gasteiger partial charge in [-0.1, -0.05) is 12.6 Å². The molecular weight excluding hydrogens is 133 g/mol. The van der Waals surface area contributed by atoms with Gasteiger partial charge in [0.05, 0.1) is 0 Å². The molecule has 0 aromatic rings. The minimum Gasteiger partial charge on any atom is -0.361 e. The third-order valence-electron chi connectivity index (χ3n) is 0. The number of hydrogen-bond donors (Lipinski definition) is 2. The Morgan fingerprint density at radius 1 is 1.80 bits per heavy atom.